The van der Waals surface area contributed by atoms with Gasteiger partial charge in [-0.3, -0.25) is 0 Å². The average Bonchev–Trinajstić information content (AvgIpc) is 2.07. The van der Waals surface area contributed by atoms with Crippen molar-refractivity contribution in [1.29, 1.82) is 0 Å². The first-order valence-electron chi connectivity index (χ1n) is 4.75. The summed E-state index contributed by atoms with van der Waals surface area (Å²) in [5, 5.41) is 0. The van der Waals surface area contributed by atoms with Crippen LogP contribution < -0.4 is 10.5 Å². The van der Waals surface area contributed by atoms with Crippen LogP contribution in [-0.2, 0) is 0 Å². The fourth-order valence-electron chi connectivity index (χ4n) is 1.32. The van der Waals surface area contributed by atoms with E-state index in [0.29, 0.717) is 5.75 Å². The van der Waals surface area contributed by atoms with Gasteiger partial charge in [0.15, 0.2) is 0 Å². The molecule has 14 heavy (non-hydrogen) atoms. The van der Waals surface area contributed by atoms with E-state index in [9.17, 15) is 4.39 Å². The van der Waals surface area contributed by atoms with Gasteiger partial charge in [0, 0.05) is 6.04 Å². The van der Waals surface area contributed by atoms with E-state index in [2.05, 4.69) is 0 Å². The van der Waals surface area contributed by atoms with Gasteiger partial charge in [-0.1, -0.05) is 0 Å². The number of benzene rings is 1. The highest BCUT2D eigenvalue weighted by Crippen LogP contribution is 2.14. The maximum Gasteiger partial charge on any atom is 0.123 e. The van der Waals surface area contributed by atoms with Gasteiger partial charge in [0.2, 0.25) is 0 Å². The molecule has 0 fully saturated rings. The standard InChI is InChI=1S/C11H16FNO/c1-8(13)7-9(2)14-11-5-3-10(12)4-6-11/h3-6,8-9H,7,13H2,1-2H3. The topological polar surface area (TPSA) is 35.2 Å². The smallest absolute Gasteiger partial charge is 0.123 e. The molecule has 1 aromatic carbocycles. The lowest BCUT2D eigenvalue weighted by Crippen LogP contribution is -2.24. The highest BCUT2D eigenvalue weighted by Gasteiger charge is 2.06. The third-order valence-corrected chi connectivity index (χ3v) is 1.85. The van der Waals surface area contributed by atoms with Crippen LogP contribution in [0.3, 0.4) is 0 Å². The van der Waals surface area contributed by atoms with Crippen LogP contribution in [0.2, 0.25) is 0 Å². The Morgan fingerprint density at radius 1 is 1.29 bits per heavy atom. The lowest BCUT2D eigenvalue weighted by Gasteiger charge is -2.16. The van der Waals surface area contributed by atoms with Crippen molar-refractivity contribution >= 4 is 0 Å². The molecule has 0 heterocycles. The summed E-state index contributed by atoms with van der Waals surface area (Å²) in [5.41, 5.74) is 5.63. The average molecular weight is 197 g/mol. The zero-order valence-corrected chi connectivity index (χ0v) is 8.53. The van der Waals surface area contributed by atoms with Crippen molar-refractivity contribution in [3.05, 3.63) is 30.1 Å². The SMILES string of the molecule is CC(N)CC(C)Oc1ccc(F)cc1. The Bertz CT molecular complexity index is 271. The summed E-state index contributed by atoms with van der Waals surface area (Å²) in [6.07, 6.45) is 0.845. The van der Waals surface area contributed by atoms with Crippen molar-refractivity contribution in [1.82, 2.24) is 0 Å². The number of hydrogen-bond acceptors (Lipinski definition) is 2. The third-order valence-electron chi connectivity index (χ3n) is 1.85. The van der Waals surface area contributed by atoms with Crippen molar-refractivity contribution in [2.24, 2.45) is 5.73 Å². The molecule has 78 valence electrons. The molecule has 0 aromatic heterocycles. The van der Waals surface area contributed by atoms with Gasteiger partial charge in [-0.2, -0.15) is 0 Å². The number of rotatable bonds is 4. The molecule has 0 saturated carbocycles. The van der Waals surface area contributed by atoms with E-state index in [1.165, 1.54) is 12.1 Å². The Kier molecular flexibility index (Phi) is 3.89. The fraction of sp³-hybridized carbons (Fsp3) is 0.455. The predicted molar refractivity (Wildman–Crippen MR) is 54.8 cm³/mol. The maximum atomic E-state index is 12.6. The van der Waals surface area contributed by atoms with E-state index in [-0.39, 0.29) is 18.0 Å². The second-order valence-corrected chi connectivity index (χ2v) is 3.60. The van der Waals surface area contributed by atoms with Crippen molar-refractivity contribution in [2.75, 3.05) is 0 Å². The Balaban J connectivity index is 2.47. The molecule has 2 N–H and O–H groups in total. The fourth-order valence-corrected chi connectivity index (χ4v) is 1.32. The molecule has 1 aromatic rings. The molecule has 3 heteroatoms. The third kappa shape index (κ3) is 3.75. The molecule has 2 nitrogen and oxygen atoms in total. The van der Waals surface area contributed by atoms with Crippen LogP contribution in [0.15, 0.2) is 24.3 Å². The van der Waals surface area contributed by atoms with Gasteiger partial charge in [-0.25, -0.2) is 4.39 Å². The van der Waals surface area contributed by atoms with Gasteiger partial charge in [-0.15, -0.1) is 0 Å². The Hall–Kier alpha value is -1.09. The van der Waals surface area contributed by atoms with Crippen molar-refractivity contribution in [3.63, 3.8) is 0 Å². The van der Waals surface area contributed by atoms with Crippen LogP contribution in [-0.4, -0.2) is 12.1 Å². The quantitative estimate of drug-likeness (QED) is 0.804. The molecule has 0 aliphatic rings. The molecular formula is C11H16FNO. The van der Waals surface area contributed by atoms with E-state index in [0.717, 1.165) is 6.42 Å². The maximum absolute atomic E-state index is 12.6. The largest absolute Gasteiger partial charge is 0.491 e. The molecule has 2 atom stereocenters. The molecule has 0 aliphatic carbocycles. The molecule has 0 spiro atoms. The second-order valence-electron chi connectivity index (χ2n) is 3.60. The first-order chi connectivity index (χ1) is 6.58. The monoisotopic (exact) mass is 197 g/mol. The van der Waals surface area contributed by atoms with Gasteiger partial charge in [0.1, 0.15) is 11.6 Å². The van der Waals surface area contributed by atoms with Crippen LogP contribution >= 0.6 is 0 Å². The summed E-state index contributed by atoms with van der Waals surface area (Å²) in [7, 11) is 0. The minimum Gasteiger partial charge on any atom is -0.491 e. The molecule has 2 unspecified atom stereocenters. The summed E-state index contributed by atoms with van der Waals surface area (Å²) >= 11 is 0. The predicted octanol–water partition coefficient (Wildman–Crippen LogP) is 2.33. The van der Waals surface area contributed by atoms with Crippen molar-refractivity contribution in [2.45, 2.75) is 32.4 Å². The molecule has 1 rings (SSSR count). The molecule has 0 aliphatic heterocycles. The van der Waals surface area contributed by atoms with E-state index in [4.69, 9.17) is 10.5 Å². The lowest BCUT2D eigenvalue weighted by molar-refractivity contribution is 0.203. The normalized spacial score (nSPS) is 14.9. The first kappa shape index (κ1) is 11.0. The van der Waals surface area contributed by atoms with Crippen LogP contribution in [0.1, 0.15) is 20.3 Å². The number of halogens is 1. The minimum atomic E-state index is -0.253. The van der Waals surface area contributed by atoms with Gasteiger partial charge in [0.05, 0.1) is 6.10 Å². The van der Waals surface area contributed by atoms with Gasteiger partial charge < -0.3 is 10.5 Å². The van der Waals surface area contributed by atoms with Crippen LogP contribution in [0.5, 0.6) is 5.75 Å². The highest BCUT2D eigenvalue weighted by atomic mass is 19.1. The summed E-state index contributed by atoms with van der Waals surface area (Å²) in [6, 6.07) is 6.12. The summed E-state index contributed by atoms with van der Waals surface area (Å²) in [6.45, 7) is 3.89. The van der Waals surface area contributed by atoms with E-state index >= 15 is 0 Å². The first-order valence-corrected chi connectivity index (χ1v) is 4.75. The Morgan fingerprint density at radius 3 is 2.36 bits per heavy atom. The number of nitrogens with two attached hydrogens (primary N) is 1. The van der Waals surface area contributed by atoms with Gasteiger partial charge in [-0.05, 0) is 44.5 Å². The zero-order chi connectivity index (χ0) is 10.6. The lowest BCUT2D eigenvalue weighted by atomic mass is 10.2. The number of ether oxygens (including phenoxy) is 1. The van der Waals surface area contributed by atoms with Gasteiger partial charge >= 0.3 is 0 Å². The van der Waals surface area contributed by atoms with Crippen LogP contribution in [0.25, 0.3) is 0 Å². The van der Waals surface area contributed by atoms with Crippen molar-refractivity contribution in [3.8, 4) is 5.75 Å². The molecule has 0 radical (unpaired) electrons. The number of hydrogen-bond donors (Lipinski definition) is 1. The zero-order valence-electron chi connectivity index (χ0n) is 8.53. The van der Waals surface area contributed by atoms with Crippen LogP contribution in [0, 0.1) is 5.82 Å². The van der Waals surface area contributed by atoms with Crippen molar-refractivity contribution < 1.29 is 9.13 Å². The van der Waals surface area contributed by atoms with E-state index in [1.807, 2.05) is 13.8 Å². The summed E-state index contributed by atoms with van der Waals surface area (Å²) in [4.78, 5) is 0. The van der Waals surface area contributed by atoms with E-state index < -0.39 is 0 Å². The van der Waals surface area contributed by atoms with Crippen LogP contribution in [0.4, 0.5) is 4.39 Å². The van der Waals surface area contributed by atoms with Gasteiger partial charge in [0.25, 0.3) is 0 Å². The Labute approximate surface area is 83.9 Å². The minimum absolute atomic E-state index is 0.0560. The molecule has 0 bridgehead atoms. The summed E-state index contributed by atoms with van der Waals surface area (Å²) < 4.78 is 18.1. The highest BCUT2D eigenvalue weighted by molar-refractivity contribution is 5.22. The second kappa shape index (κ2) is 4.96. The molecule has 0 saturated heterocycles. The Morgan fingerprint density at radius 2 is 1.86 bits per heavy atom. The summed E-state index contributed by atoms with van der Waals surface area (Å²) in [5.74, 6) is 0.428. The molecular weight excluding hydrogens is 181 g/mol. The molecule has 0 amide bonds. The van der Waals surface area contributed by atoms with E-state index in [1.54, 1.807) is 12.1 Å².